The summed E-state index contributed by atoms with van der Waals surface area (Å²) in [7, 11) is 0. The first kappa shape index (κ1) is 17.0. The molecule has 1 unspecified atom stereocenters. The number of rotatable bonds is 6. The van der Waals surface area contributed by atoms with E-state index >= 15 is 0 Å². The fraction of sp³-hybridized carbons (Fsp3) is 0.444. The van der Waals surface area contributed by atoms with Gasteiger partial charge in [-0.3, -0.25) is 9.69 Å². The standard InChI is InChI=1S/C18H24N4OS/c1-13(23)21-15-5-3-14(4-6-15)11-22-9-7-16-18(20-12-19-16)17(22)8-10-24-2/h3-6,12,17H,7-11H2,1-2H3,(H,19,20)(H,21,23). The summed E-state index contributed by atoms with van der Waals surface area (Å²) in [5.41, 5.74) is 4.61. The molecule has 0 spiro atoms. The molecule has 2 N–H and O–H groups in total. The summed E-state index contributed by atoms with van der Waals surface area (Å²) in [5, 5.41) is 2.81. The van der Waals surface area contributed by atoms with Crippen molar-refractivity contribution in [2.75, 3.05) is 23.9 Å². The maximum Gasteiger partial charge on any atom is 0.221 e. The number of carbonyl (C=O) groups excluding carboxylic acids is 1. The van der Waals surface area contributed by atoms with Gasteiger partial charge in [-0.25, -0.2) is 4.98 Å². The molecule has 3 rings (SSSR count). The van der Waals surface area contributed by atoms with Crippen LogP contribution in [0, 0.1) is 0 Å². The van der Waals surface area contributed by atoms with Crippen LogP contribution in [0.25, 0.3) is 0 Å². The first-order chi connectivity index (χ1) is 11.7. The summed E-state index contributed by atoms with van der Waals surface area (Å²) in [6, 6.07) is 8.51. The average molecular weight is 344 g/mol. The van der Waals surface area contributed by atoms with E-state index in [1.165, 1.54) is 23.9 Å². The first-order valence-electron chi connectivity index (χ1n) is 8.29. The van der Waals surface area contributed by atoms with Gasteiger partial charge in [0.05, 0.1) is 18.1 Å². The van der Waals surface area contributed by atoms with Gasteiger partial charge in [-0.05, 0) is 36.1 Å². The zero-order valence-corrected chi connectivity index (χ0v) is 15.0. The predicted octanol–water partition coefficient (Wildman–Crippen LogP) is 3.22. The smallest absolute Gasteiger partial charge is 0.221 e. The minimum Gasteiger partial charge on any atom is -0.348 e. The van der Waals surface area contributed by atoms with Crippen LogP contribution in [0.4, 0.5) is 5.69 Å². The lowest BCUT2D eigenvalue weighted by atomic mass is 9.99. The summed E-state index contributed by atoms with van der Waals surface area (Å²) < 4.78 is 0. The van der Waals surface area contributed by atoms with Crippen molar-refractivity contribution in [3.8, 4) is 0 Å². The Morgan fingerprint density at radius 3 is 2.92 bits per heavy atom. The van der Waals surface area contributed by atoms with Gasteiger partial charge in [-0.1, -0.05) is 12.1 Å². The van der Waals surface area contributed by atoms with Crippen LogP contribution in [0.5, 0.6) is 0 Å². The molecule has 1 aromatic heterocycles. The van der Waals surface area contributed by atoms with Crippen LogP contribution in [-0.2, 0) is 17.8 Å². The second-order valence-electron chi connectivity index (χ2n) is 6.16. The summed E-state index contributed by atoms with van der Waals surface area (Å²) in [6.45, 7) is 3.48. The summed E-state index contributed by atoms with van der Waals surface area (Å²) in [6.07, 6.45) is 6.11. The number of carbonyl (C=O) groups is 1. The molecule has 1 aliphatic rings. The van der Waals surface area contributed by atoms with E-state index in [2.05, 4.69) is 38.6 Å². The van der Waals surface area contributed by atoms with Crippen LogP contribution in [0.2, 0.25) is 0 Å². The Bertz CT molecular complexity index is 683. The number of nitrogens with one attached hydrogen (secondary N) is 2. The number of benzene rings is 1. The molecular formula is C18H24N4OS. The van der Waals surface area contributed by atoms with E-state index in [9.17, 15) is 4.79 Å². The highest BCUT2D eigenvalue weighted by Gasteiger charge is 2.29. The second kappa shape index (κ2) is 7.85. The van der Waals surface area contributed by atoms with Crippen molar-refractivity contribution >= 4 is 23.4 Å². The molecule has 2 heterocycles. The quantitative estimate of drug-likeness (QED) is 0.845. The van der Waals surface area contributed by atoms with E-state index < -0.39 is 0 Å². The highest BCUT2D eigenvalue weighted by atomic mass is 32.2. The number of imidazole rings is 1. The number of nitrogens with zero attached hydrogens (tertiary/aromatic N) is 2. The minimum absolute atomic E-state index is 0.0398. The Kier molecular flexibility index (Phi) is 5.58. The lowest BCUT2D eigenvalue weighted by molar-refractivity contribution is -0.114. The number of hydrogen-bond acceptors (Lipinski definition) is 4. The molecule has 0 saturated carbocycles. The molecule has 1 amide bonds. The third-order valence-electron chi connectivity index (χ3n) is 4.41. The number of fused-ring (bicyclic) bond motifs is 1. The van der Waals surface area contributed by atoms with E-state index in [4.69, 9.17) is 0 Å². The number of aromatic nitrogens is 2. The third-order valence-corrected chi connectivity index (χ3v) is 5.06. The Hall–Kier alpha value is -1.79. The lowest BCUT2D eigenvalue weighted by Gasteiger charge is -2.35. The van der Waals surface area contributed by atoms with Crippen molar-refractivity contribution < 1.29 is 4.79 Å². The minimum atomic E-state index is -0.0398. The van der Waals surface area contributed by atoms with Gasteiger partial charge in [-0.2, -0.15) is 11.8 Å². The molecule has 1 atom stereocenters. The van der Waals surface area contributed by atoms with Gasteiger partial charge in [0.1, 0.15) is 0 Å². The van der Waals surface area contributed by atoms with Crippen LogP contribution in [0.3, 0.4) is 0 Å². The summed E-state index contributed by atoms with van der Waals surface area (Å²) in [5.74, 6) is 1.09. The zero-order valence-electron chi connectivity index (χ0n) is 14.2. The number of H-pyrrole nitrogens is 1. The molecule has 0 radical (unpaired) electrons. The highest BCUT2D eigenvalue weighted by Crippen LogP contribution is 2.32. The van der Waals surface area contributed by atoms with Crippen molar-refractivity contribution in [1.29, 1.82) is 0 Å². The molecular weight excluding hydrogens is 320 g/mol. The maximum absolute atomic E-state index is 11.1. The summed E-state index contributed by atoms with van der Waals surface area (Å²) >= 11 is 1.88. The number of hydrogen-bond donors (Lipinski definition) is 2. The molecule has 0 aliphatic carbocycles. The Morgan fingerprint density at radius 2 is 2.21 bits per heavy atom. The van der Waals surface area contributed by atoms with Crippen LogP contribution in [-0.4, -0.2) is 39.3 Å². The molecule has 0 fully saturated rings. The van der Waals surface area contributed by atoms with Crippen molar-refractivity contribution in [3.05, 3.63) is 47.5 Å². The topological polar surface area (TPSA) is 61.0 Å². The monoisotopic (exact) mass is 344 g/mol. The van der Waals surface area contributed by atoms with Gasteiger partial charge in [0, 0.05) is 37.8 Å². The van der Waals surface area contributed by atoms with E-state index in [1.54, 1.807) is 0 Å². The molecule has 24 heavy (non-hydrogen) atoms. The van der Waals surface area contributed by atoms with Gasteiger partial charge in [-0.15, -0.1) is 0 Å². The molecule has 0 saturated heterocycles. The first-order valence-corrected chi connectivity index (χ1v) is 9.68. The SMILES string of the molecule is CSCCC1c2nc[nH]c2CCN1Cc1ccc(NC(C)=O)cc1. The maximum atomic E-state index is 11.1. The van der Waals surface area contributed by atoms with Crippen LogP contribution in [0.1, 0.15) is 36.3 Å². The number of amides is 1. The van der Waals surface area contributed by atoms with Crippen molar-refractivity contribution in [2.45, 2.75) is 32.4 Å². The number of anilines is 1. The Balaban J connectivity index is 1.72. The van der Waals surface area contributed by atoms with Crippen molar-refractivity contribution in [2.24, 2.45) is 0 Å². The van der Waals surface area contributed by atoms with E-state index in [-0.39, 0.29) is 5.91 Å². The Labute approximate surface area is 147 Å². The van der Waals surface area contributed by atoms with Crippen molar-refractivity contribution in [3.63, 3.8) is 0 Å². The largest absolute Gasteiger partial charge is 0.348 e. The normalized spacial score (nSPS) is 17.5. The zero-order chi connectivity index (χ0) is 16.9. The summed E-state index contributed by atoms with van der Waals surface area (Å²) in [4.78, 5) is 21.5. The molecule has 1 aromatic carbocycles. The van der Waals surface area contributed by atoms with Crippen molar-refractivity contribution in [1.82, 2.24) is 14.9 Å². The van der Waals surface area contributed by atoms with E-state index in [0.717, 1.165) is 37.4 Å². The van der Waals surface area contributed by atoms with E-state index in [0.29, 0.717) is 6.04 Å². The Morgan fingerprint density at radius 1 is 1.42 bits per heavy atom. The predicted molar refractivity (Wildman–Crippen MR) is 99.2 cm³/mol. The highest BCUT2D eigenvalue weighted by molar-refractivity contribution is 7.98. The second-order valence-corrected chi connectivity index (χ2v) is 7.15. The lowest BCUT2D eigenvalue weighted by Crippen LogP contribution is -2.35. The molecule has 2 aromatic rings. The van der Waals surface area contributed by atoms with Gasteiger partial charge in [0.2, 0.25) is 5.91 Å². The van der Waals surface area contributed by atoms with Crippen LogP contribution in [0.15, 0.2) is 30.6 Å². The molecule has 128 valence electrons. The van der Waals surface area contributed by atoms with Crippen LogP contribution >= 0.6 is 11.8 Å². The van der Waals surface area contributed by atoms with Gasteiger partial charge >= 0.3 is 0 Å². The number of aromatic amines is 1. The molecule has 6 heteroatoms. The number of thioether (sulfide) groups is 1. The third kappa shape index (κ3) is 3.99. The van der Waals surface area contributed by atoms with Gasteiger partial charge in [0.15, 0.2) is 0 Å². The fourth-order valence-electron chi connectivity index (χ4n) is 3.27. The molecule has 5 nitrogen and oxygen atoms in total. The fourth-order valence-corrected chi connectivity index (χ4v) is 3.73. The molecule has 0 bridgehead atoms. The molecule has 1 aliphatic heterocycles. The van der Waals surface area contributed by atoms with Gasteiger partial charge in [0.25, 0.3) is 0 Å². The average Bonchev–Trinajstić information content (AvgIpc) is 3.04. The van der Waals surface area contributed by atoms with Crippen LogP contribution < -0.4 is 5.32 Å². The van der Waals surface area contributed by atoms with E-state index in [1.807, 2.05) is 30.2 Å². The van der Waals surface area contributed by atoms with Gasteiger partial charge < -0.3 is 10.3 Å².